The van der Waals surface area contributed by atoms with Crippen LogP contribution in [0.3, 0.4) is 0 Å². The van der Waals surface area contributed by atoms with Crippen molar-refractivity contribution in [2.75, 3.05) is 7.11 Å². The Labute approximate surface area is 109 Å². The third kappa shape index (κ3) is 2.52. The van der Waals surface area contributed by atoms with Crippen LogP contribution in [0.15, 0.2) is 28.7 Å². The van der Waals surface area contributed by atoms with Crippen LogP contribution in [0.4, 0.5) is 0 Å². The first-order chi connectivity index (χ1) is 8.28. The Balaban J connectivity index is 2.35. The summed E-state index contributed by atoms with van der Waals surface area (Å²) in [5.74, 6) is 2.43. The fourth-order valence-electron chi connectivity index (χ4n) is 1.62. The van der Waals surface area contributed by atoms with Crippen LogP contribution in [-0.2, 0) is 11.8 Å². The lowest BCUT2D eigenvalue weighted by atomic mass is 10.2. The quantitative estimate of drug-likeness (QED) is 0.805. The Morgan fingerprint density at radius 2 is 2.00 bits per heavy atom. The predicted molar refractivity (Wildman–Crippen MR) is 70.5 cm³/mol. The summed E-state index contributed by atoms with van der Waals surface area (Å²) in [5, 5.41) is 0.718. The molecule has 0 aliphatic carbocycles. The average Bonchev–Trinajstić information content (AvgIpc) is 2.82. The van der Waals surface area contributed by atoms with E-state index in [0.29, 0.717) is 5.89 Å². The van der Waals surface area contributed by atoms with Gasteiger partial charge < -0.3 is 9.15 Å². The van der Waals surface area contributed by atoms with Crippen molar-refractivity contribution in [1.29, 1.82) is 0 Å². The van der Waals surface area contributed by atoms with E-state index < -0.39 is 0 Å². The second-order valence-corrected chi connectivity index (χ2v) is 4.17. The number of hydrogen-bond acceptors (Lipinski definition) is 3. The van der Waals surface area contributed by atoms with Gasteiger partial charge in [0.05, 0.1) is 12.8 Å². The molecular weight excluding hydrogens is 282 g/mol. The molecule has 0 fully saturated rings. The summed E-state index contributed by atoms with van der Waals surface area (Å²) in [5.41, 5.74) is 1.94. The van der Waals surface area contributed by atoms with Gasteiger partial charge in [0.1, 0.15) is 11.5 Å². The van der Waals surface area contributed by atoms with Crippen molar-refractivity contribution in [3.63, 3.8) is 0 Å². The average molecular weight is 296 g/mol. The molecule has 1 aromatic carbocycles. The van der Waals surface area contributed by atoms with E-state index in [1.165, 1.54) is 0 Å². The zero-order chi connectivity index (χ0) is 12.3. The summed E-state index contributed by atoms with van der Waals surface area (Å²) in [6.07, 6.45) is 0.851. The number of methoxy groups -OCH3 is 1. The summed E-state index contributed by atoms with van der Waals surface area (Å²) in [4.78, 5) is 4.47. The van der Waals surface area contributed by atoms with Crippen molar-refractivity contribution in [2.24, 2.45) is 0 Å². The number of nitrogens with zero attached hydrogens (tertiary/aromatic N) is 1. The third-order valence-corrected chi connectivity index (χ3v) is 3.09. The molecule has 0 aliphatic rings. The monoisotopic (exact) mass is 295 g/mol. The van der Waals surface area contributed by atoms with E-state index in [1.54, 1.807) is 7.11 Å². The molecule has 0 unspecified atom stereocenters. The first-order valence-electron chi connectivity index (χ1n) is 5.47. The number of hydrogen-bond donors (Lipinski definition) is 0. The van der Waals surface area contributed by atoms with Gasteiger partial charge in [-0.25, -0.2) is 4.98 Å². The molecule has 0 saturated heterocycles. The Kier molecular flexibility index (Phi) is 3.84. The highest BCUT2D eigenvalue weighted by Crippen LogP contribution is 2.25. The minimum Gasteiger partial charge on any atom is -0.497 e. The molecule has 0 spiro atoms. The second-order valence-electron chi connectivity index (χ2n) is 3.60. The number of rotatable bonds is 4. The number of aryl methyl sites for hydroxylation is 1. The maximum absolute atomic E-state index is 5.73. The predicted octanol–water partition coefficient (Wildman–Crippen LogP) is 3.81. The number of oxazole rings is 1. The van der Waals surface area contributed by atoms with Crippen LogP contribution in [-0.4, -0.2) is 12.1 Å². The molecule has 17 heavy (non-hydrogen) atoms. The molecule has 0 atom stereocenters. The van der Waals surface area contributed by atoms with Crippen molar-refractivity contribution < 1.29 is 9.15 Å². The molecule has 0 aliphatic heterocycles. The van der Waals surface area contributed by atoms with Gasteiger partial charge in [0, 0.05) is 17.3 Å². The van der Waals surface area contributed by atoms with Gasteiger partial charge >= 0.3 is 0 Å². The van der Waals surface area contributed by atoms with Crippen LogP contribution in [0.1, 0.15) is 18.4 Å². The highest BCUT2D eigenvalue weighted by molar-refractivity contribution is 9.08. The zero-order valence-corrected chi connectivity index (χ0v) is 11.5. The molecule has 0 amide bonds. The van der Waals surface area contributed by atoms with Gasteiger partial charge in [0.25, 0.3) is 0 Å². The number of alkyl halides is 1. The molecule has 2 rings (SSSR count). The summed E-state index contributed by atoms with van der Waals surface area (Å²) >= 11 is 3.42. The van der Waals surface area contributed by atoms with E-state index in [2.05, 4.69) is 27.8 Å². The molecule has 3 nitrogen and oxygen atoms in total. The molecule has 2 aromatic rings. The standard InChI is InChI=1S/C13H14BrNO2/c1-3-12-11(8-14)15-13(17-12)9-4-6-10(16-2)7-5-9/h4-7H,3,8H2,1-2H3. The molecule has 1 heterocycles. The van der Waals surface area contributed by atoms with Gasteiger partial charge in [-0.3, -0.25) is 0 Å². The SMILES string of the molecule is CCc1oc(-c2ccc(OC)cc2)nc1CBr. The van der Waals surface area contributed by atoms with Crippen molar-refractivity contribution in [3.8, 4) is 17.2 Å². The molecule has 1 aromatic heterocycles. The molecule has 90 valence electrons. The molecule has 0 radical (unpaired) electrons. The van der Waals surface area contributed by atoms with Crippen molar-refractivity contribution in [3.05, 3.63) is 35.7 Å². The van der Waals surface area contributed by atoms with E-state index in [0.717, 1.165) is 34.5 Å². The van der Waals surface area contributed by atoms with Crippen molar-refractivity contribution in [1.82, 2.24) is 4.98 Å². The van der Waals surface area contributed by atoms with Crippen LogP contribution < -0.4 is 4.74 Å². The van der Waals surface area contributed by atoms with Gasteiger partial charge in [0.15, 0.2) is 0 Å². The Hall–Kier alpha value is -1.29. The topological polar surface area (TPSA) is 35.3 Å². The van der Waals surface area contributed by atoms with Crippen molar-refractivity contribution in [2.45, 2.75) is 18.7 Å². The van der Waals surface area contributed by atoms with Crippen LogP contribution in [0, 0.1) is 0 Å². The van der Waals surface area contributed by atoms with Crippen LogP contribution in [0.2, 0.25) is 0 Å². The van der Waals surface area contributed by atoms with Crippen LogP contribution >= 0.6 is 15.9 Å². The normalized spacial score (nSPS) is 10.5. The molecule has 0 N–H and O–H groups in total. The maximum Gasteiger partial charge on any atom is 0.226 e. The van der Waals surface area contributed by atoms with E-state index >= 15 is 0 Å². The molecule has 0 saturated carbocycles. The summed E-state index contributed by atoms with van der Waals surface area (Å²) in [6, 6.07) is 7.70. The smallest absolute Gasteiger partial charge is 0.226 e. The highest BCUT2D eigenvalue weighted by Gasteiger charge is 2.12. The molecule has 4 heteroatoms. The van der Waals surface area contributed by atoms with Crippen LogP contribution in [0.25, 0.3) is 11.5 Å². The lowest BCUT2D eigenvalue weighted by Crippen LogP contribution is -1.84. The molecular formula is C13H14BrNO2. The minimum atomic E-state index is 0.666. The van der Waals surface area contributed by atoms with Crippen LogP contribution in [0.5, 0.6) is 5.75 Å². The van der Waals surface area contributed by atoms with E-state index in [-0.39, 0.29) is 0 Å². The van der Waals surface area contributed by atoms with Gasteiger partial charge in [0.2, 0.25) is 5.89 Å². The number of ether oxygens (including phenoxy) is 1. The third-order valence-electron chi connectivity index (χ3n) is 2.56. The number of benzene rings is 1. The van der Waals surface area contributed by atoms with Gasteiger partial charge in [-0.15, -0.1) is 0 Å². The van der Waals surface area contributed by atoms with Crippen molar-refractivity contribution >= 4 is 15.9 Å². The van der Waals surface area contributed by atoms with Gasteiger partial charge in [-0.05, 0) is 24.3 Å². The number of halogens is 1. The fourth-order valence-corrected chi connectivity index (χ4v) is 2.06. The summed E-state index contributed by atoms with van der Waals surface area (Å²) in [6.45, 7) is 2.06. The summed E-state index contributed by atoms with van der Waals surface area (Å²) < 4.78 is 10.9. The van der Waals surface area contributed by atoms with E-state index in [4.69, 9.17) is 9.15 Å². The van der Waals surface area contributed by atoms with E-state index in [1.807, 2.05) is 24.3 Å². The zero-order valence-electron chi connectivity index (χ0n) is 9.87. The summed E-state index contributed by atoms with van der Waals surface area (Å²) in [7, 11) is 1.65. The fraction of sp³-hybridized carbons (Fsp3) is 0.308. The first-order valence-corrected chi connectivity index (χ1v) is 6.59. The minimum absolute atomic E-state index is 0.666. The Morgan fingerprint density at radius 3 is 2.47 bits per heavy atom. The Morgan fingerprint density at radius 1 is 1.29 bits per heavy atom. The first kappa shape index (κ1) is 12.2. The van der Waals surface area contributed by atoms with Gasteiger partial charge in [-0.1, -0.05) is 22.9 Å². The second kappa shape index (κ2) is 5.36. The van der Waals surface area contributed by atoms with E-state index in [9.17, 15) is 0 Å². The Bertz CT molecular complexity index is 469. The maximum atomic E-state index is 5.73. The lowest BCUT2D eigenvalue weighted by Gasteiger charge is -1.99. The highest BCUT2D eigenvalue weighted by atomic mass is 79.9. The number of aromatic nitrogens is 1. The lowest BCUT2D eigenvalue weighted by molar-refractivity contribution is 0.415. The molecule has 0 bridgehead atoms. The largest absolute Gasteiger partial charge is 0.497 e. The van der Waals surface area contributed by atoms with Gasteiger partial charge in [-0.2, -0.15) is 0 Å².